The van der Waals surface area contributed by atoms with Crippen molar-refractivity contribution in [3.8, 4) is 5.75 Å². The molecule has 0 radical (unpaired) electrons. The Morgan fingerprint density at radius 1 is 1.15 bits per heavy atom. The smallest absolute Gasteiger partial charge is 0.277 e. The van der Waals surface area contributed by atoms with Crippen molar-refractivity contribution in [1.29, 1.82) is 0 Å². The van der Waals surface area contributed by atoms with Crippen LogP contribution >= 0.6 is 12.4 Å². The van der Waals surface area contributed by atoms with E-state index >= 15 is 0 Å². The van der Waals surface area contributed by atoms with Gasteiger partial charge in [-0.1, -0.05) is 12.8 Å². The molecule has 0 bridgehead atoms. The molecule has 2 N–H and O–H groups in total. The SMILES string of the molecule is CC(=O)C1Oc2cnc(Nc3ccc(N4CCNCC4)cn3)nc2N(C2CCCC2)C1=O.Cl. The molecule has 33 heavy (non-hydrogen) atoms. The van der Waals surface area contributed by atoms with Crippen LogP contribution in [0.5, 0.6) is 5.75 Å². The van der Waals surface area contributed by atoms with Gasteiger partial charge in [-0.3, -0.25) is 14.5 Å². The Morgan fingerprint density at radius 3 is 2.58 bits per heavy atom. The Balaban J connectivity index is 0.00000259. The molecular weight excluding hydrogens is 446 g/mol. The third-order valence-electron chi connectivity index (χ3n) is 6.20. The molecule has 1 saturated heterocycles. The number of nitrogens with zero attached hydrogens (tertiary/aromatic N) is 5. The summed E-state index contributed by atoms with van der Waals surface area (Å²) in [6.07, 6.45) is 6.09. The van der Waals surface area contributed by atoms with Gasteiger partial charge in [0.2, 0.25) is 12.1 Å². The van der Waals surface area contributed by atoms with E-state index in [2.05, 4.69) is 30.5 Å². The van der Waals surface area contributed by atoms with Gasteiger partial charge in [-0.25, -0.2) is 9.97 Å². The Kier molecular flexibility index (Phi) is 6.94. The van der Waals surface area contributed by atoms with Crippen molar-refractivity contribution in [3.05, 3.63) is 24.5 Å². The molecule has 1 unspecified atom stereocenters. The first-order valence-corrected chi connectivity index (χ1v) is 11.2. The molecule has 3 aliphatic rings. The average molecular weight is 474 g/mol. The first-order chi connectivity index (χ1) is 15.6. The number of carbonyl (C=O) groups is 2. The number of anilines is 4. The van der Waals surface area contributed by atoms with Gasteiger partial charge in [0.15, 0.2) is 17.4 Å². The molecule has 0 spiro atoms. The maximum atomic E-state index is 13.1. The van der Waals surface area contributed by atoms with E-state index in [0.717, 1.165) is 57.5 Å². The predicted octanol–water partition coefficient (Wildman–Crippen LogP) is 2.07. The average Bonchev–Trinajstić information content (AvgIpc) is 3.34. The first kappa shape index (κ1) is 23.2. The van der Waals surface area contributed by atoms with E-state index in [1.807, 2.05) is 18.3 Å². The van der Waals surface area contributed by atoms with Crippen LogP contribution in [-0.2, 0) is 9.59 Å². The summed E-state index contributed by atoms with van der Waals surface area (Å²) in [5.41, 5.74) is 1.07. The van der Waals surface area contributed by atoms with Crippen molar-refractivity contribution in [2.45, 2.75) is 44.8 Å². The van der Waals surface area contributed by atoms with Gasteiger partial charge in [-0.15, -0.1) is 12.4 Å². The molecule has 4 heterocycles. The number of Topliss-reactive ketones (excluding diaryl/α,β-unsaturated/α-hetero) is 1. The molecule has 0 aromatic carbocycles. The number of piperazine rings is 1. The number of fused-ring (bicyclic) bond motifs is 1. The number of pyridine rings is 1. The third kappa shape index (κ3) is 4.72. The van der Waals surface area contributed by atoms with E-state index in [-0.39, 0.29) is 30.1 Å². The molecule has 10 nitrogen and oxygen atoms in total. The van der Waals surface area contributed by atoms with E-state index in [4.69, 9.17) is 4.74 Å². The van der Waals surface area contributed by atoms with Gasteiger partial charge in [0.1, 0.15) is 5.82 Å². The normalized spacial score (nSPS) is 20.6. The zero-order valence-electron chi connectivity index (χ0n) is 18.5. The van der Waals surface area contributed by atoms with E-state index in [9.17, 15) is 9.59 Å². The molecule has 2 aromatic heterocycles. The summed E-state index contributed by atoms with van der Waals surface area (Å²) in [6, 6.07) is 3.93. The van der Waals surface area contributed by atoms with Crippen LogP contribution in [0.15, 0.2) is 24.5 Å². The van der Waals surface area contributed by atoms with Gasteiger partial charge in [0.05, 0.1) is 18.1 Å². The highest BCUT2D eigenvalue weighted by molar-refractivity contribution is 6.12. The summed E-state index contributed by atoms with van der Waals surface area (Å²) in [7, 11) is 0. The van der Waals surface area contributed by atoms with Gasteiger partial charge in [0.25, 0.3) is 5.91 Å². The van der Waals surface area contributed by atoms with Gasteiger partial charge >= 0.3 is 0 Å². The lowest BCUT2D eigenvalue weighted by atomic mass is 10.1. The Morgan fingerprint density at radius 2 is 1.91 bits per heavy atom. The lowest BCUT2D eigenvalue weighted by Gasteiger charge is -2.35. The van der Waals surface area contributed by atoms with E-state index < -0.39 is 6.10 Å². The van der Waals surface area contributed by atoms with Gasteiger partial charge in [0, 0.05) is 32.2 Å². The van der Waals surface area contributed by atoms with Crippen LogP contribution in [0.4, 0.5) is 23.3 Å². The van der Waals surface area contributed by atoms with Crippen LogP contribution in [0.1, 0.15) is 32.6 Å². The summed E-state index contributed by atoms with van der Waals surface area (Å²) in [5, 5.41) is 6.46. The molecule has 1 aliphatic carbocycles. The number of ketones is 1. The number of amides is 1. The molecule has 5 rings (SSSR count). The third-order valence-corrected chi connectivity index (χ3v) is 6.20. The lowest BCUT2D eigenvalue weighted by molar-refractivity contribution is -0.136. The van der Waals surface area contributed by atoms with Crippen molar-refractivity contribution in [2.75, 3.05) is 41.3 Å². The Bertz CT molecular complexity index is 1010. The molecule has 2 aromatic rings. The standard InChI is InChI=1S/C22H27N7O3.ClH/c1-14(30)19-21(31)29(15-4-2-3-5-15)20-17(32-19)13-25-22(27-20)26-18-7-6-16(12-24-18)28-10-8-23-9-11-28;/h6-7,12-13,15,19,23H,2-5,8-11H2,1H3,(H,24,25,26,27);1H. The quantitative estimate of drug-likeness (QED) is 0.630. The van der Waals surface area contributed by atoms with Crippen molar-refractivity contribution in [3.63, 3.8) is 0 Å². The van der Waals surface area contributed by atoms with Crippen LogP contribution < -0.4 is 25.2 Å². The minimum Gasteiger partial charge on any atom is -0.467 e. The fraction of sp³-hybridized carbons (Fsp3) is 0.500. The minimum absolute atomic E-state index is 0. The lowest BCUT2D eigenvalue weighted by Crippen LogP contribution is -2.53. The second-order valence-electron chi connectivity index (χ2n) is 8.40. The number of hydrogen-bond acceptors (Lipinski definition) is 9. The molecule has 1 amide bonds. The van der Waals surface area contributed by atoms with Gasteiger partial charge < -0.3 is 20.3 Å². The van der Waals surface area contributed by atoms with Crippen LogP contribution in [0.25, 0.3) is 0 Å². The largest absolute Gasteiger partial charge is 0.467 e. The topological polar surface area (TPSA) is 113 Å². The molecule has 11 heteroatoms. The maximum Gasteiger partial charge on any atom is 0.277 e. The maximum absolute atomic E-state index is 13.1. The fourth-order valence-corrected chi connectivity index (χ4v) is 4.54. The minimum atomic E-state index is -1.13. The number of ether oxygens (including phenoxy) is 1. The van der Waals surface area contributed by atoms with Gasteiger partial charge in [-0.2, -0.15) is 4.98 Å². The summed E-state index contributed by atoms with van der Waals surface area (Å²) < 4.78 is 5.66. The van der Waals surface area contributed by atoms with Crippen molar-refractivity contribution in [1.82, 2.24) is 20.3 Å². The number of rotatable bonds is 5. The number of carbonyl (C=O) groups excluding carboxylic acids is 2. The van der Waals surface area contributed by atoms with Crippen molar-refractivity contribution in [2.24, 2.45) is 0 Å². The zero-order chi connectivity index (χ0) is 22.1. The van der Waals surface area contributed by atoms with E-state index in [1.165, 1.54) is 13.1 Å². The second kappa shape index (κ2) is 9.88. The number of halogens is 1. The summed E-state index contributed by atoms with van der Waals surface area (Å²) >= 11 is 0. The molecular formula is C22H28ClN7O3. The zero-order valence-corrected chi connectivity index (χ0v) is 19.3. The van der Waals surface area contributed by atoms with E-state index in [1.54, 1.807) is 4.90 Å². The number of aromatic nitrogens is 3. The fourth-order valence-electron chi connectivity index (χ4n) is 4.54. The van der Waals surface area contributed by atoms with Crippen LogP contribution in [-0.4, -0.2) is 65.0 Å². The van der Waals surface area contributed by atoms with Crippen LogP contribution in [0.3, 0.4) is 0 Å². The van der Waals surface area contributed by atoms with Crippen molar-refractivity contribution < 1.29 is 14.3 Å². The predicted molar refractivity (Wildman–Crippen MR) is 127 cm³/mol. The van der Waals surface area contributed by atoms with Gasteiger partial charge in [-0.05, 0) is 31.9 Å². The molecule has 1 atom stereocenters. The highest BCUT2D eigenvalue weighted by Gasteiger charge is 2.42. The molecule has 176 valence electrons. The highest BCUT2D eigenvalue weighted by Crippen LogP contribution is 2.38. The van der Waals surface area contributed by atoms with Crippen LogP contribution in [0.2, 0.25) is 0 Å². The first-order valence-electron chi connectivity index (χ1n) is 11.2. The Labute approximate surface area is 198 Å². The van der Waals surface area contributed by atoms with Crippen LogP contribution in [0, 0.1) is 0 Å². The second-order valence-corrected chi connectivity index (χ2v) is 8.40. The summed E-state index contributed by atoms with van der Waals surface area (Å²) in [5.74, 6) is 1.03. The number of nitrogens with one attached hydrogen (secondary N) is 2. The monoisotopic (exact) mass is 473 g/mol. The van der Waals surface area contributed by atoms with Crippen molar-refractivity contribution >= 4 is 47.4 Å². The highest BCUT2D eigenvalue weighted by atomic mass is 35.5. The number of hydrogen-bond donors (Lipinski definition) is 2. The van der Waals surface area contributed by atoms with E-state index in [0.29, 0.717) is 23.3 Å². The molecule has 2 aliphatic heterocycles. The summed E-state index contributed by atoms with van der Waals surface area (Å²) in [6.45, 7) is 5.20. The Hall–Kier alpha value is -2.98. The molecule has 2 fully saturated rings. The summed E-state index contributed by atoms with van der Waals surface area (Å²) in [4.78, 5) is 42.4. The molecule has 1 saturated carbocycles.